The van der Waals surface area contributed by atoms with Gasteiger partial charge in [0.2, 0.25) is 0 Å². The van der Waals surface area contributed by atoms with Crippen LogP contribution in [-0.2, 0) is 4.79 Å². The highest BCUT2D eigenvalue weighted by Gasteiger charge is 2.12. The summed E-state index contributed by atoms with van der Waals surface area (Å²) >= 11 is 0. The van der Waals surface area contributed by atoms with E-state index in [0.29, 0.717) is 12.0 Å². The molecule has 1 amide bonds. The molecule has 14 heavy (non-hydrogen) atoms. The van der Waals surface area contributed by atoms with Crippen molar-refractivity contribution in [1.82, 2.24) is 0 Å². The molecule has 0 heterocycles. The second-order valence-electron chi connectivity index (χ2n) is 2.91. The van der Waals surface area contributed by atoms with E-state index in [4.69, 9.17) is 5.73 Å². The summed E-state index contributed by atoms with van der Waals surface area (Å²) < 4.78 is 0. The third kappa shape index (κ3) is 2.13. The van der Waals surface area contributed by atoms with Gasteiger partial charge in [0, 0.05) is 6.42 Å². The number of primary amides is 1. The highest BCUT2D eigenvalue weighted by molar-refractivity contribution is 6.19. The van der Waals surface area contributed by atoms with Gasteiger partial charge in [-0.15, -0.1) is 0 Å². The Kier molecular flexibility index (Phi) is 3.29. The molecule has 1 rings (SSSR count). The topological polar surface area (TPSA) is 63.3 Å². The molecule has 3 N–H and O–H groups in total. The van der Waals surface area contributed by atoms with Gasteiger partial charge < -0.3 is 10.8 Å². The molecule has 1 aromatic rings. The molecule has 1 aromatic carbocycles. The number of rotatable bonds is 3. The summed E-state index contributed by atoms with van der Waals surface area (Å²) in [5.41, 5.74) is 6.04. The number of carbonyl (C=O) groups excluding carboxylic acids is 1. The van der Waals surface area contributed by atoms with Crippen LogP contribution in [-0.4, -0.2) is 11.0 Å². The predicted octanol–water partition coefficient (Wildman–Crippen LogP) is 1.85. The molecule has 0 radical (unpaired) electrons. The molecule has 0 aliphatic carbocycles. The number of hydrogen-bond donors (Lipinski definition) is 2. The van der Waals surface area contributed by atoms with Gasteiger partial charge in [0.15, 0.2) is 0 Å². The number of aliphatic hydroxyl groups excluding tert-OH is 1. The third-order valence-electron chi connectivity index (χ3n) is 1.93. The molecule has 0 spiro atoms. The van der Waals surface area contributed by atoms with Crippen LogP contribution >= 0.6 is 0 Å². The van der Waals surface area contributed by atoms with Crippen LogP contribution in [0.25, 0.3) is 5.57 Å². The van der Waals surface area contributed by atoms with Crippen molar-refractivity contribution in [3.63, 3.8) is 0 Å². The minimum absolute atomic E-state index is 0.0312. The van der Waals surface area contributed by atoms with Gasteiger partial charge in [-0.25, -0.2) is 0 Å². The maximum absolute atomic E-state index is 11.1. The first-order valence-corrected chi connectivity index (χ1v) is 4.44. The molecular weight excluding hydrogens is 178 g/mol. The van der Waals surface area contributed by atoms with Crippen molar-refractivity contribution in [3.05, 3.63) is 41.7 Å². The molecule has 0 saturated heterocycles. The fourth-order valence-electron chi connectivity index (χ4n) is 1.23. The van der Waals surface area contributed by atoms with Gasteiger partial charge >= 0.3 is 0 Å². The van der Waals surface area contributed by atoms with Crippen LogP contribution < -0.4 is 5.73 Å². The van der Waals surface area contributed by atoms with Gasteiger partial charge in [0.25, 0.3) is 5.91 Å². The largest absolute Gasteiger partial charge is 0.511 e. The number of benzene rings is 1. The van der Waals surface area contributed by atoms with Crippen molar-refractivity contribution < 1.29 is 9.90 Å². The van der Waals surface area contributed by atoms with Crippen LogP contribution in [0.15, 0.2) is 36.1 Å². The van der Waals surface area contributed by atoms with Gasteiger partial charge in [0.05, 0.1) is 5.57 Å². The molecule has 74 valence electrons. The lowest BCUT2D eigenvalue weighted by Gasteiger charge is -2.05. The Morgan fingerprint density at radius 3 is 2.36 bits per heavy atom. The summed E-state index contributed by atoms with van der Waals surface area (Å²) in [7, 11) is 0. The van der Waals surface area contributed by atoms with Crippen molar-refractivity contribution in [1.29, 1.82) is 0 Å². The number of nitrogens with two attached hydrogens (primary N) is 1. The lowest BCUT2D eigenvalue weighted by atomic mass is 10.0. The first kappa shape index (κ1) is 10.3. The monoisotopic (exact) mass is 191 g/mol. The van der Waals surface area contributed by atoms with E-state index >= 15 is 0 Å². The zero-order chi connectivity index (χ0) is 10.6. The first-order valence-electron chi connectivity index (χ1n) is 4.44. The Labute approximate surface area is 82.9 Å². The summed E-state index contributed by atoms with van der Waals surface area (Å²) in [6.45, 7) is 1.77. The second-order valence-corrected chi connectivity index (χ2v) is 2.91. The van der Waals surface area contributed by atoms with Gasteiger partial charge in [-0.1, -0.05) is 37.3 Å². The summed E-state index contributed by atoms with van der Waals surface area (Å²) in [5.74, 6) is -0.570. The van der Waals surface area contributed by atoms with Crippen molar-refractivity contribution >= 4 is 11.5 Å². The fraction of sp³-hybridized carbons (Fsp3) is 0.182. The third-order valence-corrected chi connectivity index (χ3v) is 1.93. The maximum atomic E-state index is 11.1. The minimum atomic E-state index is -0.601. The standard InChI is InChI=1S/C11H13NO2/c1-2-9(13)10(11(12)14)8-6-4-3-5-7-8/h3-7,13H,2H2,1H3,(H2,12,14)/b10-9-. The second kappa shape index (κ2) is 4.46. The quantitative estimate of drug-likeness (QED) is 0.565. The molecular formula is C11H13NO2. The van der Waals surface area contributed by atoms with Gasteiger partial charge in [-0.05, 0) is 5.56 Å². The maximum Gasteiger partial charge on any atom is 0.252 e. The van der Waals surface area contributed by atoms with Crippen LogP contribution in [0, 0.1) is 0 Å². The van der Waals surface area contributed by atoms with E-state index in [2.05, 4.69) is 0 Å². The predicted molar refractivity (Wildman–Crippen MR) is 55.5 cm³/mol. The average Bonchev–Trinajstić information content (AvgIpc) is 2.19. The highest BCUT2D eigenvalue weighted by Crippen LogP contribution is 2.18. The number of allylic oxidation sites excluding steroid dienone is 1. The van der Waals surface area contributed by atoms with Crippen LogP contribution in [0.2, 0.25) is 0 Å². The summed E-state index contributed by atoms with van der Waals surface area (Å²) in [6.07, 6.45) is 0.396. The number of carbonyl (C=O) groups is 1. The van der Waals surface area contributed by atoms with E-state index < -0.39 is 5.91 Å². The fourth-order valence-corrected chi connectivity index (χ4v) is 1.23. The smallest absolute Gasteiger partial charge is 0.252 e. The minimum Gasteiger partial charge on any atom is -0.511 e. The lowest BCUT2D eigenvalue weighted by Crippen LogP contribution is -2.14. The Balaban J connectivity index is 3.21. The Hall–Kier alpha value is -1.77. The summed E-state index contributed by atoms with van der Waals surface area (Å²) in [5, 5.41) is 9.52. The molecule has 0 aliphatic heterocycles. The molecule has 0 unspecified atom stereocenters. The van der Waals surface area contributed by atoms with Gasteiger partial charge in [-0.2, -0.15) is 0 Å². The van der Waals surface area contributed by atoms with Gasteiger partial charge in [-0.3, -0.25) is 4.79 Å². The molecule has 0 atom stereocenters. The van der Waals surface area contributed by atoms with E-state index in [1.807, 2.05) is 6.07 Å². The van der Waals surface area contributed by atoms with E-state index in [9.17, 15) is 9.90 Å². The highest BCUT2D eigenvalue weighted by atomic mass is 16.3. The van der Waals surface area contributed by atoms with Crippen molar-refractivity contribution in [3.8, 4) is 0 Å². The van der Waals surface area contributed by atoms with Crippen LogP contribution in [0.3, 0.4) is 0 Å². The summed E-state index contributed by atoms with van der Waals surface area (Å²) in [6, 6.07) is 8.91. The van der Waals surface area contributed by atoms with E-state index in [-0.39, 0.29) is 11.3 Å². The molecule has 3 heteroatoms. The molecule has 0 bridgehead atoms. The van der Waals surface area contributed by atoms with E-state index in [1.54, 1.807) is 31.2 Å². The Morgan fingerprint density at radius 2 is 1.93 bits per heavy atom. The van der Waals surface area contributed by atoms with Gasteiger partial charge in [0.1, 0.15) is 5.76 Å². The number of amides is 1. The average molecular weight is 191 g/mol. The van der Waals surface area contributed by atoms with E-state index in [0.717, 1.165) is 0 Å². The zero-order valence-corrected chi connectivity index (χ0v) is 8.03. The Morgan fingerprint density at radius 1 is 1.36 bits per heavy atom. The van der Waals surface area contributed by atoms with Crippen molar-refractivity contribution in [2.45, 2.75) is 13.3 Å². The van der Waals surface area contributed by atoms with Crippen LogP contribution in [0.4, 0.5) is 0 Å². The zero-order valence-electron chi connectivity index (χ0n) is 8.03. The lowest BCUT2D eigenvalue weighted by molar-refractivity contribution is -0.112. The normalized spacial score (nSPS) is 12.1. The molecule has 3 nitrogen and oxygen atoms in total. The van der Waals surface area contributed by atoms with Crippen LogP contribution in [0.5, 0.6) is 0 Å². The SMILES string of the molecule is CC/C(O)=C(/C(N)=O)c1ccccc1. The van der Waals surface area contributed by atoms with Crippen LogP contribution in [0.1, 0.15) is 18.9 Å². The Bertz CT molecular complexity index is 355. The molecule has 0 fully saturated rings. The number of aliphatic hydroxyl groups is 1. The molecule has 0 saturated carbocycles. The first-order chi connectivity index (χ1) is 6.66. The molecule has 0 aliphatic rings. The van der Waals surface area contributed by atoms with Crippen molar-refractivity contribution in [2.24, 2.45) is 5.73 Å². The summed E-state index contributed by atoms with van der Waals surface area (Å²) in [4.78, 5) is 11.1. The van der Waals surface area contributed by atoms with E-state index in [1.165, 1.54) is 0 Å². The van der Waals surface area contributed by atoms with Crippen molar-refractivity contribution in [2.75, 3.05) is 0 Å². The number of hydrogen-bond acceptors (Lipinski definition) is 2. The molecule has 0 aromatic heterocycles.